The molecule has 1 fully saturated rings. The standard InChI is InChI=1S/C12H17N3O3/c1-14(10-5-6-13-8-10)9-3-4-11(15(16)17)12(7-9)18-2/h3-4,7,10,13H,5-6,8H2,1-2H3. The SMILES string of the molecule is COc1cc(N(C)C2CCNC2)ccc1[N+](=O)[O-]. The first-order valence-corrected chi connectivity index (χ1v) is 5.89. The van der Waals surface area contributed by atoms with Crippen LogP contribution in [0.15, 0.2) is 18.2 Å². The first kappa shape index (κ1) is 12.6. The Hall–Kier alpha value is -1.82. The predicted octanol–water partition coefficient (Wildman–Crippen LogP) is 1.40. The number of nitrogens with zero attached hydrogens (tertiary/aromatic N) is 2. The molecule has 1 aliphatic heterocycles. The molecule has 6 nitrogen and oxygen atoms in total. The summed E-state index contributed by atoms with van der Waals surface area (Å²) in [5.74, 6) is 0.301. The Balaban J connectivity index is 2.26. The number of rotatable bonds is 4. The van der Waals surface area contributed by atoms with Crippen LogP contribution in [0.1, 0.15) is 6.42 Å². The number of nitro benzene ring substituents is 1. The van der Waals surface area contributed by atoms with Gasteiger partial charge in [0.2, 0.25) is 0 Å². The molecular formula is C12H17N3O3. The number of nitro groups is 1. The highest BCUT2D eigenvalue weighted by atomic mass is 16.6. The molecule has 18 heavy (non-hydrogen) atoms. The lowest BCUT2D eigenvalue weighted by Gasteiger charge is -2.26. The smallest absolute Gasteiger partial charge is 0.311 e. The summed E-state index contributed by atoms with van der Waals surface area (Å²) in [7, 11) is 3.45. The third-order valence-corrected chi connectivity index (χ3v) is 3.35. The molecule has 0 spiro atoms. The van der Waals surface area contributed by atoms with E-state index in [1.165, 1.54) is 13.2 Å². The van der Waals surface area contributed by atoms with Gasteiger partial charge in [0.1, 0.15) is 0 Å². The fourth-order valence-electron chi connectivity index (χ4n) is 2.22. The lowest BCUT2D eigenvalue weighted by molar-refractivity contribution is -0.385. The zero-order chi connectivity index (χ0) is 13.1. The van der Waals surface area contributed by atoms with Crippen LogP contribution < -0.4 is 15.0 Å². The maximum atomic E-state index is 10.8. The topological polar surface area (TPSA) is 67.6 Å². The van der Waals surface area contributed by atoms with Gasteiger partial charge in [0, 0.05) is 37.5 Å². The fraction of sp³-hybridized carbons (Fsp3) is 0.500. The molecule has 1 heterocycles. The number of methoxy groups -OCH3 is 1. The summed E-state index contributed by atoms with van der Waals surface area (Å²) < 4.78 is 5.08. The molecule has 1 aromatic carbocycles. The minimum atomic E-state index is -0.431. The largest absolute Gasteiger partial charge is 0.490 e. The van der Waals surface area contributed by atoms with Crippen molar-refractivity contribution in [2.24, 2.45) is 0 Å². The van der Waals surface area contributed by atoms with Crippen molar-refractivity contribution < 1.29 is 9.66 Å². The van der Waals surface area contributed by atoms with Crippen LogP contribution >= 0.6 is 0 Å². The highest BCUT2D eigenvalue weighted by Gasteiger charge is 2.22. The molecule has 0 aromatic heterocycles. The van der Waals surface area contributed by atoms with Gasteiger partial charge in [-0.25, -0.2) is 0 Å². The van der Waals surface area contributed by atoms with Gasteiger partial charge in [-0.1, -0.05) is 0 Å². The fourth-order valence-corrected chi connectivity index (χ4v) is 2.22. The molecule has 0 bridgehead atoms. The van der Waals surface area contributed by atoms with Crippen molar-refractivity contribution in [2.45, 2.75) is 12.5 Å². The van der Waals surface area contributed by atoms with Gasteiger partial charge >= 0.3 is 5.69 Å². The Morgan fingerprint density at radius 1 is 1.56 bits per heavy atom. The Labute approximate surface area is 106 Å². The average Bonchev–Trinajstić information content (AvgIpc) is 2.90. The average molecular weight is 251 g/mol. The van der Waals surface area contributed by atoms with Gasteiger partial charge in [0.15, 0.2) is 5.75 Å². The quantitative estimate of drug-likeness (QED) is 0.647. The van der Waals surface area contributed by atoms with Crippen LogP contribution in [0.3, 0.4) is 0 Å². The third kappa shape index (κ3) is 2.38. The molecule has 2 rings (SSSR count). The van der Waals surface area contributed by atoms with Crippen molar-refractivity contribution in [1.29, 1.82) is 0 Å². The van der Waals surface area contributed by atoms with Crippen molar-refractivity contribution in [1.82, 2.24) is 5.32 Å². The van der Waals surface area contributed by atoms with Gasteiger partial charge in [-0.05, 0) is 19.0 Å². The monoisotopic (exact) mass is 251 g/mol. The Kier molecular flexibility index (Phi) is 3.66. The van der Waals surface area contributed by atoms with Crippen molar-refractivity contribution in [3.63, 3.8) is 0 Å². The highest BCUT2D eigenvalue weighted by Crippen LogP contribution is 2.32. The van der Waals surface area contributed by atoms with E-state index < -0.39 is 4.92 Å². The lowest BCUT2D eigenvalue weighted by atomic mass is 10.2. The molecule has 98 valence electrons. The van der Waals surface area contributed by atoms with Crippen molar-refractivity contribution in [2.75, 3.05) is 32.1 Å². The highest BCUT2D eigenvalue weighted by molar-refractivity contribution is 5.59. The predicted molar refractivity (Wildman–Crippen MR) is 69.3 cm³/mol. The minimum Gasteiger partial charge on any atom is -0.490 e. The van der Waals surface area contributed by atoms with Crippen LogP contribution in [-0.2, 0) is 0 Å². The molecule has 0 aliphatic carbocycles. The Morgan fingerprint density at radius 3 is 2.89 bits per heavy atom. The van der Waals surface area contributed by atoms with E-state index in [0.29, 0.717) is 11.8 Å². The van der Waals surface area contributed by atoms with E-state index in [2.05, 4.69) is 10.2 Å². The molecule has 1 saturated heterocycles. The minimum absolute atomic E-state index is 0.000744. The summed E-state index contributed by atoms with van der Waals surface area (Å²) in [6.45, 7) is 1.95. The molecule has 1 N–H and O–H groups in total. The van der Waals surface area contributed by atoms with Crippen LogP contribution in [-0.4, -0.2) is 38.2 Å². The number of hydrogen-bond donors (Lipinski definition) is 1. The Morgan fingerprint density at radius 2 is 2.33 bits per heavy atom. The summed E-state index contributed by atoms with van der Waals surface area (Å²) in [5, 5.41) is 14.1. The van der Waals surface area contributed by atoms with Crippen LogP contribution in [0.4, 0.5) is 11.4 Å². The Bertz CT molecular complexity index is 444. The second-order valence-corrected chi connectivity index (χ2v) is 4.37. The lowest BCUT2D eigenvalue weighted by Crippen LogP contribution is -2.33. The van der Waals surface area contributed by atoms with Crippen LogP contribution in [0.2, 0.25) is 0 Å². The second kappa shape index (κ2) is 5.22. The second-order valence-electron chi connectivity index (χ2n) is 4.37. The zero-order valence-corrected chi connectivity index (χ0v) is 10.5. The maximum absolute atomic E-state index is 10.8. The molecule has 1 unspecified atom stereocenters. The number of ether oxygens (including phenoxy) is 1. The number of nitrogens with one attached hydrogen (secondary N) is 1. The first-order chi connectivity index (χ1) is 8.63. The van der Waals surface area contributed by atoms with Gasteiger partial charge in [-0.3, -0.25) is 10.1 Å². The van der Waals surface area contributed by atoms with E-state index >= 15 is 0 Å². The first-order valence-electron chi connectivity index (χ1n) is 5.89. The van der Waals surface area contributed by atoms with E-state index in [9.17, 15) is 10.1 Å². The van der Waals surface area contributed by atoms with Gasteiger partial charge < -0.3 is 15.0 Å². The van der Waals surface area contributed by atoms with Crippen LogP contribution in [0.5, 0.6) is 5.75 Å². The van der Waals surface area contributed by atoms with Gasteiger partial charge in [-0.2, -0.15) is 0 Å². The normalized spacial score (nSPS) is 18.7. The number of anilines is 1. The number of benzene rings is 1. The van der Waals surface area contributed by atoms with E-state index in [0.717, 1.165) is 25.2 Å². The van der Waals surface area contributed by atoms with Crippen molar-refractivity contribution in [3.05, 3.63) is 28.3 Å². The van der Waals surface area contributed by atoms with Gasteiger partial charge in [0.25, 0.3) is 0 Å². The van der Waals surface area contributed by atoms with Crippen molar-refractivity contribution >= 4 is 11.4 Å². The van der Waals surface area contributed by atoms with Gasteiger partial charge in [0.05, 0.1) is 12.0 Å². The van der Waals surface area contributed by atoms with Crippen molar-refractivity contribution in [3.8, 4) is 5.75 Å². The van der Waals surface area contributed by atoms with E-state index in [1.54, 1.807) is 12.1 Å². The molecule has 6 heteroatoms. The number of likely N-dealkylation sites (N-methyl/N-ethyl adjacent to an activating group) is 1. The summed E-state index contributed by atoms with van der Waals surface area (Å²) in [6.07, 6.45) is 1.08. The van der Waals surface area contributed by atoms with Crippen LogP contribution in [0.25, 0.3) is 0 Å². The molecule has 0 amide bonds. The summed E-state index contributed by atoms with van der Waals surface area (Å²) in [4.78, 5) is 12.5. The van der Waals surface area contributed by atoms with E-state index in [1.807, 2.05) is 7.05 Å². The summed E-state index contributed by atoms with van der Waals surface area (Å²) in [6, 6.07) is 5.40. The molecular weight excluding hydrogens is 234 g/mol. The maximum Gasteiger partial charge on any atom is 0.311 e. The third-order valence-electron chi connectivity index (χ3n) is 3.35. The summed E-state index contributed by atoms with van der Waals surface area (Å²) in [5.41, 5.74) is 0.936. The van der Waals surface area contributed by atoms with Crippen LogP contribution in [0, 0.1) is 10.1 Å². The van der Waals surface area contributed by atoms with Gasteiger partial charge in [-0.15, -0.1) is 0 Å². The zero-order valence-electron chi connectivity index (χ0n) is 10.5. The molecule has 1 aliphatic rings. The number of hydrogen-bond acceptors (Lipinski definition) is 5. The molecule has 1 aromatic rings. The molecule has 1 atom stereocenters. The van der Waals surface area contributed by atoms with E-state index in [4.69, 9.17) is 4.74 Å². The summed E-state index contributed by atoms with van der Waals surface area (Å²) >= 11 is 0. The van der Waals surface area contributed by atoms with E-state index in [-0.39, 0.29) is 5.69 Å². The molecule has 0 saturated carbocycles. The molecule has 0 radical (unpaired) electrons.